The first-order valence-electron chi connectivity index (χ1n) is 11.9. The summed E-state index contributed by atoms with van der Waals surface area (Å²) in [4.78, 5) is 14.2. The van der Waals surface area contributed by atoms with Crippen LogP contribution in [0.3, 0.4) is 0 Å². The molecule has 1 fully saturated rings. The summed E-state index contributed by atoms with van der Waals surface area (Å²) in [5, 5.41) is 6.61. The molecule has 3 rings (SSSR count). The molecule has 2 heterocycles. The van der Waals surface area contributed by atoms with Gasteiger partial charge in [-0.25, -0.2) is 9.98 Å². The van der Waals surface area contributed by atoms with Gasteiger partial charge < -0.3 is 20.0 Å². The predicted molar refractivity (Wildman–Crippen MR) is 131 cm³/mol. The smallest absolute Gasteiger partial charge is 0.213 e. The second-order valence-corrected chi connectivity index (χ2v) is 9.44. The van der Waals surface area contributed by atoms with Crippen LogP contribution in [0.25, 0.3) is 0 Å². The van der Waals surface area contributed by atoms with Gasteiger partial charge >= 0.3 is 0 Å². The van der Waals surface area contributed by atoms with Crippen molar-refractivity contribution in [1.82, 2.24) is 25.4 Å². The first-order valence-corrected chi connectivity index (χ1v) is 11.9. The van der Waals surface area contributed by atoms with Crippen molar-refractivity contribution in [2.24, 2.45) is 4.99 Å². The molecule has 0 aliphatic carbocycles. The average molecular weight is 441 g/mol. The molecule has 0 amide bonds. The van der Waals surface area contributed by atoms with Gasteiger partial charge in [-0.15, -0.1) is 0 Å². The molecule has 1 aliphatic heterocycles. The van der Waals surface area contributed by atoms with Gasteiger partial charge in [-0.1, -0.05) is 52.0 Å². The highest BCUT2D eigenvalue weighted by molar-refractivity contribution is 5.79. The van der Waals surface area contributed by atoms with E-state index in [2.05, 4.69) is 84.3 Å². The minimum Gasteiger partial charge on any atom is -0.443 e. The van der Waals surface area contributed by atoms with Crippen molar-refractivity contribution >= 4 is 5.96 Å². The molecule has 0 bridgehead atoms. The quantitative estimate of drug-likeness (QED) is 0.485. The van der Waals surface area contributed by atoms with E-state index in [4.69, 9.17) is 9.41 Å². The third kappa shape index (κ3) is 7.35. The zero-order chi connectivity index (χ0) is 23.0. The number of guanidine groups is 1. The summed E-state index contributed by atoms with van der Waals surface area (Å²) in [5.41, 5.74) is 2.53. The Bertz CT molecular complexity index is 844. The van der Waals surface area contributed by atoms with Gasteiger partial charge in [0, 0.05) is 44.7 Å². The summed E-state index contributed by atoms with van der Waals surface area (Å²) in [6.07, 6.45) is 1.81. The summed E-state index contributed by atoms with van der Waals surface area (Å²) < 4.78 is 5.86. The third-order valence-electron chi connectivity index (χ3n) is 5.81. The van der Waals surface area contributed by atoms with E-state index in [9.17, 15) is 0 Å². The van der Waals surface area contributed by atoms with Crippen molar-refractivity contribution in [3.05, 3.63) is 53.2 Å². The van der Waals surface area contributed by atoms with Crippen LogP contribution in [-0.2, 0) is 25.0 Å². The Morgan fingerprint density at radius 2 is 1.66 bits per heavy atom. The Morgan fingerprint density at radius 3 is 2.25 bits per heavy atom. The lowest BCUT2D eigenvalue weighted by atomic mass is 9.94. The maximum atomic E-state index is 5.86. The zero-order valence-electron chi connectivity index (χ0n) is 20.4. The normalized spacial score (nSPS) is 16.3. The van der Waals surface area contributed by atoms with E-state index in [1.54, 1.807) is 0 Å². The number of likely N-dealkylation sites (N-methyl/N-ethyl adjacent to an activating group) is 1. The summed E-state index contributed by atoms with van der Waals surface area (Å²) in [5.74, 6) is 2.33. The number of piperazine rings is 1. The summed E-state index contributed by atoms with van der Waals surface area (Å²) in [6.45, 7) is 19.4. The largest absolute Gasteiger partial charge is 0.443 e. The van der Waals surface area contributed by atoms with Gasteiger partial charge in [0.1, 0.15) is 5.76 Å². The van der Waals surface area contributed by atoms with Gasteiger partial charge in [0.25, 0.3) is 0 Å². The van der Waals surface area contributed by atoms with Crippen molar-refractivity contribution in [2.45, 2.75) is 59.7 Å². The number of hydrogen-bond donors (Lipinski definition) is 2. The van der Waals surface area contributed by atoms with E-state index in [0.717, 1.165) is 44.4 Å². The Balaban J connectivity index is 1.50. The van der Waals surface area contributed by atoms with Crippen molar-refractivity contribution in [2.75, 3.05) is 39.3 Å². The lowest BCUT2D eigenvalue weighted by Crippen LogP contribution is -2.45. The molecule has 0 radical (unpaired) electrons. The molecule has 1 saturated heterocycles. The van der Waals surface area contributed by atoms with Gasteiger partial charge in [0.15, 0.2) is 5.96 Å². The van der Waals surface area contributed by atoms with Crippen molar-refractivity contribution < 1.29 is 4.42 Å². The minimum absolute atomic E-state index is 0.0418. The molecule has 7 heteroatoms. The van der Waals surface area contributed by atoms with Crippen LogP contribution < -0.4 is 10.6 Å². The maximum absolute atomic E-state index is 5.86. The van der Waals surface area contributed by atoms with Gasteiger partial charge in [0.2, 0.25) is 5.89 Å². The molecule has 2 N–H and O–H groups in total. The van der Waals surface area contributed by atoms with E-state index in [0.29, 0.717) is 19.0 Å². The van der Waals surface area contributed by atoms with E-state index >= 15 is 0 Å². The van der Waals surface area contributed by atoms with Crippen LogP contribution in [0.5, 0.6) is 0 Å². The second-order valence-electron chi connectivity index (χ2n) is 9.44. The van der Waals surface area contributed by atoms with Crippen LogP contribution in [0, 0.1) is 0 Å². The molecule has 1 aromatic heterocycles. The van der Waals surface area contributed by atoms with Crippen LogP contribution in [0.1, 0.15) is 57.4 Å². The first kappa shape index (κ1) is 24.3. The molecule has 1 aromatic carbocycles. The van der Waals surface area contributed by atoms with E-state index in [1.165, 1.54) is 24.2 Å². The van der Waals surface area contributed by atoms with Gasteiger partial charge in [0.05, 0.1) is 19.3 Å². The third-order valence-corrected chi connectivity index (χ3v) is 5.81. The number of nitrogens with zero attached hydrogens (tertiary/aromatic N) is 4. The molecule has 0 spiro atoms. The lowest BCUT2D eigenvalue weighted by Gasteiger charge is -2.34. The fourth-order valence-electron chi connectivity index (χ4n) is 3.68. The second kappa shape index (κ2) is 11.5. The highest BCUT2D eigenvalue weighted by Gasteiger charge is 2.19. The molecule has 1 aliphatic rings. The number of nitrogens with one attached hydrogen (secondary N) is 2. The maximum Gasteiger partial charge on any atom is 0.213 e. The lowest BCUT2D eigenvalue weighted by molar-refractivity contribution is 0.132. The fourth-order valence-corrected chi connectivity index (χ4v) is 3.68. The van der Waals surface area contributed by atoms with Crippen LogP contribution >= 0.6 is 0 Å². The Hall–Kier alpha value is -2.38. The number of benzene rings is 1. The number of rotatable bonds is 8. The molecular weight excluding hydrogens is 400 g/mol. The highest BCUT2D eigenvalue weighted by Crippen LogP contribution is 2.22. The van der Waals surface area contributed by atoms with E-state index in [1.807, 2.05) is 6.20 Å². The SMILES string of the molecule is CCNC(=NCc1ccc(CN2CCN(CC)CC2)cc1)NCc1ncc(C(C)(C)C)o1. The molecular formula is C25H40N6O. The summed E-state index contributed by atoms with van der Waals surface area (Å²) in [7, 11) is 0. The highest BCUT2D eigenvalue weighted by atomic mass is 16.4. The molecule has 2 aromatic rings. The molecule has 0 saturated carbocycles. The number of hydrogen-bond acceptors (Lipinski definition) is 5. The van der Waals surface area contributed by atoms with Crippen LogP contribution in [-0.4, -0.2) is 60.0 Å². The summed E-state index contributed by atoms with van der Waals surface area (Å²) >= 11 is 0. The molecule has 0 unspecified atom stereocenters. The number of aromatic nitrogens is 1. The zero-order valence-corrected chi connectivity index (χ0v) is 20.4. The summed E-state index contributed by atoms with van der Waals surface area (Å²) in [6, 6.07) is 8.85. The van der Waals surface area contributed by atoms with E-state index < -0.39 is 0 Å². The number of oxazole rings is 1. The molecule has 176 valence electrons. The van der Waals surface area contributed by atoms with E-state index in [-0.39, 0.29) is 5.41 Å². The van der Waals surface area contributed by atoms with Crippen molar-refractivity contribution in [3.8, 4) is 0 Å². The number of aliphatic imine (C=N–C) groups is 1. The first-order chi connectivity index (χ1) is 15.4. The Labute approximate surface area is 193 Å². The Kier molecular flexibility index (Phi) is 8.70. The van der Waals surface area contributed by atoms with Crippen molar-refractivity contribution in [1.29, 1.82) is 0 Å². The van der Waals surface area contributed by atoms with Crippen molar-refractivity contribution in [3.63, 3.8) is 0 Å². The Morgan fingerprint density at radius 1 is 1.00 bits per heavy atom. The monoisotopic (exact) mass is 440 g/mol. The molecule has 7 nitrogen and oxygen atoms in total. The standard InChI is InChI=1S/C25H40N6O/c1-6-26-24(29-18-23-27-17-22(32-23)25(3,4)5)28-16-20-8-10-21(11-9-20)19-31-14-12-30(7-2)13-15-31/h8-11,17H,6-7,12-16,18-19H2,1-5H3,(H2,26,28,29). The average Bonchev–Trinajstić information content (AvgIpc) is 3.27. The molecule has 32 heavy (non-hydrogen) atoms. The topological polar surface area (TPSA) is 68.9 Å². The van der Waals surface area contributed by atoms with Gasteiger partial charge in [-0.2, -0.15) is 0 Å². The van der Waals surface area contributed by atoms with Crippen LogP contribution in [0.4, 0.5) is 0 Å². The minimum atomic E-state index is -0.0418. The van der Waals surface area contributed by atoms with Gasteiger partial charge in [-0.3, -0.25) is 4.90 Å². The fraction of sp³-hybridized carbons (Fsp3) is 0.600. The van der Waals surface area contributed by atoms with Crippen LogP contribution in [0.2, 0.25) is 0 Å². The van der Waals surface area contributed by atoms with Gasteiger partial charge in [-0.05, 0) is 24.6 Å². The predicted octanol–water partition coefficient (Wildman–Crippen LogP) is 3.36. The van der Waals surface area contributed by atoms with Crippen LogP contribution in [0.15, 0.2) is 39.9 Å². The molecule has 0 atom stereocenters.